The van der Waals surface area contributed by atoms with Gasteiger partial charge in [-0.1, -0.05) is 19.1 Å². The van der Waals surface area contributed by atoms with Crippen LogP contribution < -0.4 is 5.32 Å². The van der Waals surface area contributed by atoms with Crippen LogP contribution >= 0.6 is 0 Å². The van der Waals surface area contributed by atoms with Gasteiger partial charge in [0, 0.05) is 12.0 Å². The maximum atomic E-state index is 5.78. The van der Waals surface area contributed by atoms with Gasteiger partial charge in [-0.15, -0.1) is 0 Å². The molecule has 2 atom stereocenters. The lowest BCUT2D eigenvalue weighted by Crippen LogP contribution is -2.32. The van der Waals surface area contributed by atoms with E-state index in [1.165, 1.54) is 0 Å². The number of benzene rings is 1. The summed E-state index contributed by atoms with van der Waals surface area (Å²) in [4.78, 5) is 8.68. The van der Waals surface area contributed by atoms with Crippen molar-refractivity contribution in [1.29, 1.82) is 0 Å². The standard InChI is InChI=1S/C15H19N3O/c1-2-12(14-8-5-9-19-14)18-15-11-6-3-4-7-13(11)16-10-17-15/h3-4,6-7,10,12,14H,2,5,8-9H2,1H3,(H,16,17,18). The molecular formula is C15H19N3O. The maximum Gasteiger partial charge on any atom is 0.137 e. The number of nitrogens with one attached hydrogen (secondary N) is 1. The molecule has 4 nitrogen and oxygen atoms in total. The molecule has 100 valence electrons. The number of para-hydroxylation sites is 1. The molecule has 1 aromatic carbocycles. The Bertz CT molecular complexity index is 547. The minimum absolute atomic E-state index is 0.304. The molecule has 0 radical (unpaired) electrons. The number of hydrogen-bond acceptors (Lipinski definition) is 4. The summed E-state index contributed by atoms with van der Waals surface area (Å²) in [6.45, 7) is 3.07. The van der Waals surface area contributed by atoms with Crippen LogP contribution in [0.4, 0.5) is 5.82 Å². The lowest BCUT2D eigenvalue weighted by Gasteiger charge is -2.23. The quantitative estimate of drug-likeness (QED) is 0.914. The summed E-state index contributed by atoms with van der Waals surface area (Å²) in [5, 5.41) is 4.61. The van der Waals surface area contributed by atoms with Crippen LogP contribution in [0.15, 0.2) is 30.6 Å². The van der Waals surface area contributed by atoms with Crippen molar-refractivity contribution in [2.45, 2.75) is 38.3 Å². The Kier molecular flexibility index (Phi) is 3.60. The van der Waals surface area contributed by atoms with Crippen molar-refractivity contribution in [2.24, 2.45) is 0 Å². The minimum atomic E-state index is 0.304. The Labute approximate surface area is 113 Å². The summed E-state index contributed by atoms with van der Waals surface area (Å²) >= 11 is 0. The van der Waals surface area contributed by atoms with Gasteiger partial charge in [-0.25, -0.2) is 9.97 Å². The maximum absolute atomic E-state index is 5.78. The first kappa shape index (κ1) is 12.4. The van der Waals surface area contributed by atoms with E-state index in [2.05, 4.69) is 28.3 Å². The fourth-order valence-electron chi connectivity index (χ4n) is 2.67. The highest BCUT2D eigenvalue weighted by atomic mass is 16.5. The zero-order valence-electron chi connectivity index (χ0n) is 11.2. The second-order valence-electron chi connectivity index (χ2n) is 4.95. The van der Waals surface area contributed by atoms with Crippen LogP contribution in [0.5, 0.6) is 0 Å². The summed E-state index contributed by atoms with van der Waals surface area (Å²) in [5.41, 5.74) is 0.974. The summed E-state index contributed by atoms with van der Waals surface area (Å²) in [5.74, 6) is 0.910. The highest BCUT2D eigenvalue weighted by Crippen LogP contribution is 2.24. The average Bonchev–Trinajstić information content (AvgIpc) is 2.99. The lowest BCUT2D eigenvalue weighted by molar-refractivity contribution is 0.0943. The Morgan fingerprint density at radius 1 is 1.37 bits per heavy atom. The van der Waals surface area contributed by atoms with Crippen molar-refractivity contribution < 1.29 is 4.74 Å². The largest absolute Gasteiger partial charge is 0.376 e. The molecular weight excluding hydrogens is 238 g/mol. The zero-order chi connectivity index (χ0) is 13.1. The predicted octanol–water partition coefficient (Wildman–Crippen LogP) is 3.00. The van der Waals surface area contributed by atoms with Gasteiger partial charge in [0.15, 0.2) is 0 Å². The van der Waals surface area contributed by atoms with Gasteiger partial charge >= 0.3 is 0 Å². The summed E-state index contributed by atoms with van der Waals surface area (Å²) in [6.07, 6.45) is 5.25. The molecule has 1 aliphatic heterocycles. The lowest BCUT2D eigenvalue weighted by atomic mass is 10.1. The minimum Gasteiger partial charge on any atom is -0.376 e. The molecule has 2 heterocycles. The van der Waals surface area contributed by atoms with Crippen LogP contribution in [-0.4, -0.2) is 28.7 Å². The topological polar surface area (TPSA) is 47.0 Å². The van der Waals surface area contributed by atoms with Crippen molar-refractivity contribution in [3.63, 3.8) is 0 Å². The van der Waals surface area contributed by atoms with Crippen LogP contribution in [0.2, 0.25) is 0 Å². The van der Waals surface area contributed by atoms with Crippen molar-refractivity contribution in [3.8, 4) is 0 Å². The van der Waals surface area contributed by atoms with E-state index in [1.54, 1.807) is 6.33 Å². The summed E-state index contributed by atoms with van der Waals surface area (Å²) < 4.78 is 5.78. The zero-order valence-corrected chi connectivity index (χ0v) is 11.2. The van der Waals surface area contributed by atoms with Crippen LogP contribution in [0.3, 0.4) is 0 Å². The molecule has 0 aliphatic carbocycles. The Balaban J connectivity index is 1.87. The normalized spacial score (nSPS) is 20.6. The molecule has 0 spiro atoms. The van der Waals surface area contributed by atoms with Crippen LogP contribution in [0.25, 0.3) is 10.9 Å². The van der Waals surface area contributed by atoms with Crippen molar-refractivity contribution in [1.82, 2.24) is 9.97 Å². The fraction of sp³-hybridized carbons (Fsp3) is 0.467. The van der Waals surface area contributed by atoms with Crippen LogP contribution in [0, 0.1) is 0 Å². The highest BCUT2D eigenvalue weighted by molar-refractivity contribution is 5.88. The van der Waals surface area contributed by atoms with E-state index in [9.17, 15) is 0 Å². The van der Waals surface area contributed by atoms with Crippen molar-refractivity contribution in [3.05, 3.63) is 30.6 Å². The fourth-order valence-corrected chi connectivity index (χ4v) is 2.67. The van der Waals surface area contributed by atoms with Gasteiger partial charge in [-0.05, 0) is 31.4 Å². The molecule has 19 heavy (non-hydrogen) atoms. The number of ether oxygens (including phenoxy) is 1. The molecule has 1 N–H and O–H groups in total. The molecule has 0 bridgehead atoms. The van der Waals surface area contributed by atoms with Gasteiger partial charge in [0.05, 0.1) is 17.7 Å². The molecule has 1 aromatic heterocycles. The van der Waals surface area contributed by atoms with E-state index < -0.39 is 0 Å². The number of anilines is 1. The van der Waals surface area contributed by atoms with Gasteiger partial charge in [0.1, 0.15) is 12.1 Å². The van der Waals surface area contributed by atoms with E-state index >= 15 is 0 Å². The van der Waals surface area contributed by atoms with Gasteiger partial charge in [-0.2, -0.15) is 0 Å². The Morgan fingerprint density at radius 3 is 3.05 bits per heavy atom. The van der Waals surface area contributed by atoms with Crippen LogP contribution in [0.1, 0.15) is 26.2 Å². The number of rotatable bonds is 4. The highest BCUT2D eigenvalue weighted by Gasteiger charge is 2.25. The third-order valence-electron chi connectivity index (χ3n) is 3.72. The predicted molar refractivity (Wildman–Crippen MR) is 76.2 cm³/mol. The Hall–Kier alpha value is -1.68. The Morgan fingerprint density at radius 2 is 2.26 bits per heavy atom. The van der Waals surface area contributed by atoms with E-state index in [-0.39, 0.29) is 0 Å². The molecule has 2 aromatic rings. The SMILES string of the molecule is CCC(Nc1ncnc2ccccc12)C1CCCO1. The first-order chi connectivity index (χ1) is 9.38. The summed E-state index contributed by atoms with van der Waals surface area (Å²) in [7, 11) is 0. The molecule has 2 unspecified atom stereocenters. The third kappa shape index (κ3) is 2.54. The van der Waals surface area contributed by atoms with E-state index in [0.29, 0.717) is 12.1 Å². The average molecular weight is 257 g/mol. The second kappa shape index (κ2) is 5.53. The van der Waals surface area contributed by atoms with E-state index in [1.807, 2.05) is 18.2 Å². The first-order valence-corrected chi connectivity index (χ1v) is 6.96. The number of nitrogens with zero attached hydrogens (tertiary/aromatic N) is 2. The number of hydrogen-bond donors (Lipinski definition) is 1. The molecule has 1 fully saturated rings. The molecule has 0 saturated carbocycles. The van der Waals surface area contributed by atoms with E-state index in [0.717, 1.165) is 42.6 Å². The number of aromatic nitrogens is 2. The van der Waals surface area contributed by atoms with Gasteiger partial charge in [0.25, 0.3) is 0 Å². The van der Waals surface area contributed by atoms with E-state index in [4.69, 9.17) is 4.74 Å². The monoisotopic (exact) mass is 257 g/mol. The molecule has 1 aliphatic rings. The second-order valence-corrected chi connectivity index (χ2v) is 4.95. The molecule has 4 heteroatoms. The molecule has 0 amide bonds. The summed E-state index contributed by atoms with van der Waals surface area (Å²) in [6, 6.07) is 8.40. The van der Waals surface area contributed by atoms with Crippen molar-refractivity contribution in [2.75, 3.05) is 11.9 Å². The smallest absolute Gasteiger partial charge is 0.137 e. The molecule has 1 saturated heterocycles. The number of fused-ring (bicyclic) bond motifs is 1. The van der Waals surface area contributed by atoms with Crippen molar-refractivity contribution >= 4 is 16.7 Å². The van der Waals surface area contributed by atoms with Gasteiger partial charge in [0.2, 0.25) is 0 Å². The van der Waals surface area contributed by atoms with Gasteiger partial charge in [-0.3, -0.25) is 0 Å². The first-order valence-electron chi connectivity index (χ1n) is 6.96. The van der Waals surface area contributed by atoms with Gasteiger partial charge < -0.3 is 10.1 Å². The third-order valence-corrected chi connectivity index (χ3v) is 3.72. The molecule has 3 rings (SSSR count). The van der Waals surface area contributed by atoms with Crippen LogP contribution in [-0.2, 0) is 4.74 Å².